The molecule has 82 valence electrons. The zero-order chi connectivity index (χ0) is 11.5. The van der Waals surface area contributed by atoms with Crippen molar-refractivity contribution in [1.82, 2.24) is 9.78 Å². The molecule has 0 bridgehead atoms. The van der Waals surface area contributed by atoms with Crippen LogP contribution in [0.2, 0.25) is 0 Å². The zero-order valence-corrected chi connectivity index (χ0v) is 9.51. The highest BCUT2D eigenvalue weighted by Crippen LogP contribution is 2.12. The highest BCUT2D eigenvalue weighted by Gasteiger charge is 1.98. The molecule has 0 atom stereocenters. The smallest absolute Gasteiger partial charge is 0.0564 e. The predicted molar refractivity (Wildman–Crippen MR) is 67.7 cm³/mol. The summed E-state index contributed by atoms with van der Waals surface area (Å²) in [4.78, 5) is 0. The van der Waals surface area contributed by atoms with Gasteiger partial charge in [0.2, 0.25) is 0 Å². The van der Waals surface area contributed by atoms with Crippen molar-refractivity contribution < 1.29 is 0 Å². The van der Waals surface area contributed by atoms with Crippen LogP contribution in [0.15, 0.2) is 30.5 Å². The first-order valence-electron chi connectivity index (χ1n) is 5.19. The van der Waals surface area contributed by atoms with Gasteiger partial charge < -0.3 is 5.73 Å². The summed E-state index contributed by atoms with van der Waals surface area (Å²) in [6.45, 7) is 2.05. The molecule has 0 radical (unpaired) electrons. The number of nitrogens with two attached hydrogens (primary N) is 1. The number of rotatable bonds is 2. The fourth-order valence-electron chi connectivity index (χ4n) is 1.47. The fourth-order valence-corrected chi connectivity index (χ4v) is 1.47. The van der Waals surface area contributed by atoms with Crippen LogP contribution in [0.5, 0.6) is 0 Å². The normalized spacial score (nSPS) is 11.1. The minimum Gasteiger partial charge on any atom is -0.399 e. The lowest BCUT2D eigenvalue weighted by Gasteiger charge is -1.96. The van der Waals surface area contributed by atoms with Gasteiger partial charge in [-0.1, -0.05) is 24.3 Å². The number of nitrogen functional groups attached to an aromatic ring is 1. The number of hydrogen-bond acceptors (Lipinski definition) is 2. The van der Waals surface area contributed by atoms with Gasteiger partial charge in [0.25, 0.3) is 0 Å². The molecule has 1 aromatic heterocycles. The van der Waals surface area contributed by atoms with E-state index < -0.39 is 0 Å². The van der Waals surface area contributed by atoms with Gasteiger partial charge in [-0.25, -0.2) is 0 Å². The Bertz CT molecular complexity index is 506. The monoisotopic (exact) mass is 213 g/mol. The second-order valence-corrected chi connectivity index (χ2v) is 3.81. The Hall–Kier alpha value is -2.03. The quantitative estimate of drug-likeness (QED) is 0.779. The third-order valence-corrected chi connectivity index (χ3v) is 2.67. The summed E-state index contributed by atoms with van der Waals surface area (Å²) in [7, 11) is 1.94. The minimum absolute atomic E-state index is 0.787. The van der Waals surface area contributed by atoms with Crippen molar-refractivity contribution in [3.8, 4) is 0 Å². The van der Waals surface area contributed by atoms with Crippen LogP contribution in [0.4, 0.5) is 5.69 Å². The average Bonchev–Trinajstić information content (AvgIpc) is 2.60. The summed E-state index contributed by atoms with van der Waals surface area (Å²) in [6, 6.07) is 7.79. The molecule has 2 N–H and O–H groups in total. The van der Waals surface area contributed by atoms with E-state index >= 15 is 0 Å². The molecule has 1 heterocycles. The molecule has 0 aliphatic heterocycles. The van der Waals surface area contributed by atoms with E-state index in [0.29, 0.717) is 0 Å². The molecule has 1 aromatic carbocycles. The van der Waals surface area contributed by atoms with Gasteiger partial charge in [0, 0.05) is 24.0 Å². The van der Waals surface area contributed by atoms with Gasteiger partial charge in [0.15, 0.2) is 0 Å². The Balaban J connectivity index is 2.21. The second kappa shape index (κ2) is 4.23. The van der Waals surface area contributed by atoms with Crippen LogP contribution in [-0.2, 0) is 7.05 Å². The van der Waals surface area contributed by atoms with Crippen molar-refractivity contribution in [2.45, 2.75) is 6.92 Å². The lowest BCUT2D eigenvalue weighted by molar-refractivity contribution is 0.740. The number of hydrogen-bond donors (Lipinski definition) is 1. The van der Waals surface area contributed by atoms with Crippen molar-refractivity contribution in [1.29, 1.82) is 0 Å². The molecule has 0 saturated carbocycles. The van der Waals surface area contributed by atoms with Crippen LogP contribution < -0.4 is 5.73 Å². The number of aromatic nitrogens is 2. The molecular weight excluding hydrogens is 198 g/mol. The van der Waals surface area contributed by atoms with E-state index in [2.05, 4.69) is 24.2 Å². The van der Waals surface area contributed by atoms with Gasteiger partial charge in [-0.2, -0.15) is 5.10 Å². The van der Waals surface area contributed by atoms with Crippen LogP contribution in [0, 0.1) is 6.92 Å². The Morgan fingerprint density at radius 1 is 1.19 bits per heavy atom. The maximum Gasteiger partial charge on any atom is 0.0564 e. The van der Waals surface area contributed by atoms with Gasteiger partial charge in [-0.3, -0.25) is 4.68 Å². The summed E-state index contributed by atoms with van der Waals surface area (Å²) < 4.78 is 1.86. The molecule has 0 spiro atoms. The molecule has 2 rings (SSSR count). The molecule has 0 saturated heterocycles. The molecule has 16 heavy (non-hydrogen) atoms. The van der Waals surface area contributed by atoms with E-state index in [1.807, 2.05) is 42.2 Å². The number of aryl methyl sites for hydroxylation is 1. The molecule has 0 aliphatic carbocycles. The average molecular weight is 213 g/mol. The molecular formula is C13H15N3. The van der Waals surface area contributed by atoms with Crippen LogP contribution in [-0.4, -0.2) is 9.78 Å². The van der Waals surface area contributed by atoms with Gasteiger partial charge >= 0.3 is 0 Å². The van der Waals surface area contributed by atoms with Crippen LogP contribution in [0.3, 0.4) is 0 Å². The first kappa shape index (κ1) is 10.5. The zero-order valence-electron chi connectivity index (χ0n) is 9.51. The lowest BCUT2D eigenvalue weighted by atomic mass is 10.1. The van der Waals surface area contributed by atoms with Gasteiger partial charge in [-0.15, -0.1) is 0 Å². The van der Waals surface area contributed by atoms with Crippen molar-refractivity contribution >= 4 is 17.8 Å². The number of nitrogens with zero attached hydrogens (tertiary/aromatic N) is 2. The van der Waals surface area contributed by atoms with Crippen molar-refractivity contribution in [2.75, 3.05) is 5.73 Å². The third-order valence-electron chi connectivity index (χ3n) is 2.67. The molecule has 3 heteroatoms. The van der Waals surface area contributed by atoms with E-state index in [-0.39, 0.29) is 0 Å². The highest BCUT2D eigenvalue weighted by molar-refractivity contribution is 5.70. The maximum atomic E-state index is 5.62. The minimum atomic E-state index is 0.787. The molecule has 2 aromatic rings. The van der Waals surface area contributed by atoms with Gasteiger partial charge in [-0.05, 0) is 24.6 Å². The molecule has 3 nitrogen and oxygen atoms in total. The predicted octanol–water partition coefficient (Wildman–Crippen LogP) is 2.48. The third kappa shape index (κ3) is 2.14. The van der Waals surface area contributed by atoms with Crippen molar-refractivity contribution in [2.24, 2.45) is 7.05 Å². The number of benzene rings is 1. The second-order valence-electron chi connectivity index (χ2n) is 3.81. The maximum absolute atomic E-state index is 5.62. The standard InChI is InChI=1S/C13H15N3/c1-10-12(9-15-16(10)2)6-3-11-4-7-13(14)8-5-11/h3-9H,14H2,1-2H3/b6-3-. The van der Waals surface area contributed by atoms with Crippen LogP contribution >= 0.6 is 0 Å². The summed E-state index contributed by atoms with van der Waals surface area (Å²) in [6.07, 6.45) is 5.99. The topological polar surface area (TPSA) is 43.8 Å². The SMILES string of the molecule is Cc1c(/C=C\c2ccc(N)cc2)cnn1C. The van der Waals surface area contributed by atoms with Crippen LogP contribution in [0.25, 0.3) is 12.2 Å². The first-order valence-corrected chi connectivity index (χ1v) is 5.19. The van der Waals surface area contributed by atoms with Gasteiger partial charge in [0.05, 0.1) is 6.20 Å². The molecule has 0 fully saturated rings. The molecule has 0 amide bonds. The molecule has 0 aliphatic rings. The summed E-state index contributed by atoms with van der Waals surface area (Å²) in [5.41, 5.74) is 9.84. The Labute approximate surface area is 95.2 Å². The summed E-state index contributed by atoms with van der Waals surface area (Å²) in [5, 5.41) is 4.19. The Kier molecular flexibility index (Phi) is 2.77. The number of anilines is 1. The fraction of sp³-hybridized carbons (Fsp3) is 0.154. The van der Waals surface area contributed by atoms with E-state index in [0.717, 1.165) is 22.5 Å². The lowest BCUT2D eigenvalue weighted by Crippen LogP contribution is -1.92. The highest BCUT2D eigenvalue weighted by atomic mass is 15.3. The van der Waals surface area contributed by atoms with Crippen LogP contribution in [0.1, 0.15) is 16.8 Å². The van der Waals surface area contributed by atoms with E-state index in [1.54, 1.807) is 0 Å². The molecule has 0 unspecified atom stereocenters. The van der Waals surface area contributed by atoms with E-state index in [4.69, 9.17) is 5.73 Å². The Morgan fingerprint density at radius 3 is 2.44 bits per heavy atom. The van der Waals surface area contributed by atoms with Crippen molar-refractivity contribution in [3.05, 3.63) is 47.3 Å². The first-order chi connectivity index (χ1) is 7.66. The summed E-state index contributed by atoms with van der Waals surface area (Å²) in [5.74, 6) is 0. The van der Waals surface area contributed by atoms with E-state index in [1.165, 1.54) is 0 Å². The van der Waals surface area contributed by atoms with Crippen molar-refractivity contribution in [3.63, 3.8) is 0 Å². The Morgan fingerprint density at radius 2 is 1.88 bits per heavy atom. The van der Waals surface area contributed by atoms with E-state index in [9.17, 15) is 0 Å². The largest absolute Gasteiger partial charge is 0.399 e. The summed E-state index contributed by atoms with van der Waals surface area (Å²) >= 11 is 0. The van der Waals surface area contributed by atoms with Gasteiger partial charge in [0.1, 0.15) is 0 Å².